The highest BCUT2D eigenvalue weighted by Crippen LogP contribution is 2.35. The first-order valence-electron chi connectivity index (χ1n) is 9.37. The Morgan fingerprint density at radius 2 is 1.92 bits per heavy atom. The molecule has 24 heavy (non-hydrogen) atoms. The van der Waals surface area contributed by atoms with Gasteiger partial charge in [-0.15, -0.1) is 0 Å². The van der Waals surface area contributed by atoms with Crippen molar-refractivity contribution in [2.75, 3.05) is 43.0 Å². The van der Waals surface area contributed by atoms with Crippen LogP contribution in [0, 0.1) is 13.8 Å². The van der Waals surface area contributed by atoms with Gasteiger partial charge in [0.1, 0.15) is 5.82 Å². The predicted molar refractivity (Wildman–Crippen MR) is 95.8 cm³/mol. The summed E-state index contributed by atoms with van der Waals surface area (Å²) in [5.74, 6) is 1.87. The Hall–Kier alpha value is -1.40. The molecule has 0 aliphatic carbocycles. The van der Waals surface area contributed by atoms with Crippen LogP contribution in [0.5, 0.6) is 0 Å². The van der Waals surface area contributed by atoms with Gasteiger partial charge in [-0.1, -0.05) is 0 Å². The van der Waals surface area contributed by atoms with Gasteiger partial charge in [0, 0.05) is 24.3 Å². The van der Waals surface area contributed by atoms with Crippen molar-refractivity contribution in [3.8, 4) is 0 Å². The van der Waals surface area contributed by atoms with E-state index in [4.69, 9.17) is 14.7 Å². The number of aromatic nitrogens is 2. The fourth-order valence-electron chi connectivity index (χ4n) is 4.17. The van der Waals surface area contributed by atoms with Crippen molar-refractivity contribution in [3.63, 3.8) is 0 Å². The Morgan fingerprint density at radius 3 is 2.67 bits per heavy atom. The first-order valence-corrected chi connectivity index (χ1v) is 9.37. The minimum absolute atomic E-state index is 0.0800. The highest BCUT2D eigenvalue weighted by atomic mass is 16.5. The molecule has 0 aromatic carbocycles. The maximum absolute atomic E-state index is 6.21. The van der Waals surface area contributed by atoms with E-state index in [9.17, 15) is 0 Å². The fourth-order valence-corrected chi connectivity index (χ4v) is 4.17. The second-order valence-electron chi connectivity index (χ2n) is 7.57. The van der Waals surface area contributed by atoms with Crippen molar-refractivity contribution in [1.29, 1.82) is 0 Å². The zero-order chi connectivity index (χ0) is 16.6. The van der Waals surface area contributed by atoms with E-state index in [1.165, 1.54) is 12.8 Å². The molecule has 1 spiro atoms. The Morgan fingerprint density at radius 1 is 1.17 bits per heavy atom. The summed E-state index contributed by atoms with van der Waals surface area (Å²) in [5, 5.41) is 7.09. The van der Waals surface area contributed by atoms with Crippen molar-refractivity contribution in [2.24, 2.45) is 0 Å². The normalized spacial score (nSPS) is 26.2. The molecular weight excluding hydrogens is 302 g/mol. The van der Waals surface area contributed by atoms with E-state index >= 15 is 0 Å². The minimum Gasteiger partial charge on any atom is -0.373 e. The zero-order valence-corrected chi connectivity index (χ0v) is 14.9. The summed E-state index contributed by atoms with van der Waals surface area (Å²) < 4.78 is 6.21. The van der Waals surface area contributed by atoms with Crippen LogP contribution in [0.25, 0.3) is 0 Å². The second kappa shape index (κ2) is 6.48. The Balaban J connectivity index is 1.49. The molecule has 1 aromatic rings. The van der Waals surface area contributed by atoms with E-state index < -0.39 is 0 Å². The molecule has 0 bridgehead atoms. The number of nitrogens with zero attached hydrogens (tertiary/aromatic N) is 3. The van der Waals surface area contributed by atoms with Crippen LogP contribution in [0.4, 0.5) is 11.8 Å². The Kier molecular flexibility index (Phi) is 4.35. The average molecular weight is 331 g/mol. The van der Waals surface area contributed by atoms with E-state index in [0.717, 1.165) is 75.1 Å². The lowest BCUT2D eigenvalue weighted by atomic mass is 9.88. The van der Waals surface area contributed by atoms with E-state index in [0.29, 0.717) is 6.04 Å². The number of hydrogen-bond acceptors (Lipinski definition) is 6. The topological polar surface area (TPSA) is 62.3 Å². The van der Waals surface area contributed by atoms with E-state index in [1.807, 2.05) is 0 Å². The second-order valence-corrected chi connectivity index (χ2v) is 7.57. The lowest BCUT2D eigenvalue weighted by Gasteiger charge is -2.32. The summed E-state index contributed by atoms with van der Waals surface area (Å²) in [7, 11) is 0. The van der Waals surface area contributed by atoms with Crippen LogP contribution >= 0.6 is 0 Å². The van der Waals surface area contributed by atoms with Gasteiger partial charge in [0.2, 0.25) is 5.95 Å². The summed E-state index contributed by atoms with van der Waals surface area (Å²) in [5.41, 5.74) is 2.31. The molecule has 1 unspecified atom stereocenters. The summed E-state index contributed by atoms with van der Waals surface area (Å²) in [4.78, 5) is 11.9. The third-order valence-corrected chi connectivity index (χ3v) is 5.83. The predicted octanol–water partition coefficient (Wildman–Crippen LogP) is 2.02. The highest BCUT2D eigenvalue weighted by molar-refractivity contribution is 5.51. The average Bonchev–Trinajstić information content (AvgIpc) is 3.23. The first-order chi connectivity index (χ1) is 11.7. The first kappa shape index (κ1) is 16.1. The minimum atomic E-state index is 0.0800. The van der Waals surface area contributed by atoms with E-state index in [1.54, 1.807) is 0 Å². The van der Waals surface area contributed by atoms with E-state index in [-0.39, 0.29) is 5.60 Å². The van der Waals surface area contributed by atoms with Crippen LogP contribution in [0.2, 0.25) is 0 Å². The Bertz CT molecular complexity index is 593. The number of aryl methyl sites for hydroxylation is 1. The van der Waals surface area contributed by atoms with Crippen LogP contribution in [0.3, 0.4) is 0 Å². The molecule has 3 fully saturated rings. The van der Waals surface area contributed by atoms with Gasteiger partial charge in [0.05, 0.1) is 18.2 Å². The molecular formula is C18H29N5O. The molecule has 4 heterocycles. The maximum Gasteiger partial charge on any atom is 0.227 e. The summed E-state index contributed by atoms with van der Waals surface area (Å²) in [6.45, 7) is 9.26. The van der Waals surface area contributed by atoms with Crippen molar-refractivity contribution in [3.05, 3.63) is 11.3 Å². The third-order valence-electron chi connectivity index (χ3n) is 5.83. The molecule has 3 aliphatic heterocycles. The van der Waals surface area contributed by atoms with Gasteiger partial charge in [-0.25, -0.2) is 4.98 Å². The molecule has 0 radical (unpaired) electrons. The number of ether oxygens (including phenoxy) is 1. The summed E-state index contributed by atoms with van der Waals surface area (Å²) >= 11 is 0. The van der Waals surface area contributed by atoms with Crippen molar-refractivity contribution in [1.82, 2.24) is 15.3 Å². The maximum atomic E-state index is 6.21. The monoisotopic (exact) mass is 331 g/mol. The molecule has 4 rings (SSSR count). The smallest absolute Gasteiger partial charge is 0.227 e. The number of nitrogens with one attached hydrogen (secondary N) is 2. The van der Waals surface area contributed by atoms with Crippen molar-refractivity contribution < 1.29 is 4.74 Å². The fraction of sp³-hybridized carbons (Fsp3) is 0.778. The lowest BCUT2D eigenvalue weighted by Crippen LogP contribution is -2.41. The largest absolute Gasteiger partial charge is 0.373 e. The van der Waals surface area contributed by atoms with Crippen LogP contribution in [0.1, 0.15) is 43.4 Å². The quantitative estimate of drug-likeness (QED) is 0.883. The molecule has 1 aromatic heterocycles. The molecule has 1 atom stereocenters. The molecule has 6 heteroatoms. The van der Waals surface area contributed by atoms with Gasteiger partial charge in [-0.05, 0) is 59.0 Å². The van der Waals surface area contributed by atoms with Gasteiger partial charge < -0.3 is 20.3 Å². The number of hydrogen-bond donors (Lipinski definition) is 2. The van der Waals surface area contributed by atoms with Gasteiger partial charge in [0.15, 0.2) is 0 Å². The summed E-state index contributed by atoms with van der Waals surface area (Å²) in [6.07, 6.45) is 5.80. The standard InChI is InChI=1S/C18H29N5O/c1-13-14(2)20-17(23-9-3-4-10-23)22-16(13)21-15-11-18(24-12-15)5-7-19-8-6-18/h15,19H,3-12H2,1-2H3,(H,20,21,22). The SMILES string of the molecule is Cc1nc(N2CCCC2)nc(NC2COC3(CCNCC3)C2)c1C. The lowest BCUT2D eigenvalue weighted by molar-refractivity contribution is -0.0192. The van der Waals surface area contributed by atoms with Crippen LogP contribution in [-0.4, -0.2) is 54.4 Å². The number of anilines is 2. The van der Waals surface area contributed by atoms with Gasteiger partial charge in [-0.2, -0.15) is 4.98 Å². The third kappa shape index (κ3) is 3.09. The van der Waals surface area contributed by atoms with E-state index in [2.05, 4.69) is 29.4 Å². The Labute approximate surface area is 144 Å². The van der Waals surface area contributed by atoms with Gasteiger partial charge in [-0.3, -0.25) is 0 Å². The van der Waals surface area contributed by atoms with Gasteiger partial charge in [0.25, 0.3) is 0 Å². The zero-order valence-electron chi connectivity index (χ0n) is 14.9. The van der Waals surface area contributed by atoms with Crippen LogP contribution in [-0.2, 0) is 4.74 Å². The van der Waals surface area contributed by atoms with Crippen molar-refractivity contribution >= 4 is 11.8 Å². The molecule has 6 nitrogen and oxygen atoms in total. The molecule has 132 valence electrons. The van der Waals surface area contributed by atoms with Crippen LogP contribution < -0.4 is 15.5 Å². The molecule has 2 N–H and O–H groups in total. The van der Waals surface area contributed by atoms with Crippen molar-refractivity contribution in [2.45, 2.75) is 57.6 Å². The van der Waals surface area contributed by atoms with Crippen LogP contribution in [0.15, 0.2) is 0 Å². The molecule has 0 amide bonds. The molecule has 3 saturated heterocycles. The highest BCUT2D eigenvalue weighted by Gasteiger charge is 2.41. The number of rotatable bonds is 3. The summed E-state index contributed by atoms with van der Waals surface area (Å²) in [6, 6.07) is 0.350. The van der Waals surface area contributed by atoms with Gasteiger partial charge >= 0.3 is 0 Å². The molecule has 3 aliphatic rings. The molecule has 0 saturated carbocycles. The number of piperidine rings is 1.